The van der Waals surface area contributed by atoms with Gasteiger partial charge >= 0.3 is 0 Å². The van der Waals surface area contributed by atoms with E-state index in [1.165, 1.54) is 17.7 Å². The molecule has 2 nitrogen and oxygen atoms in total. The van der Waals surface area contributed by atoms with Crippen molar-refractivity contribution in [3.05, 3.63) is 101 Å². The maximum Gasteiger partial charge on any atom is 0.124 e. The zero-order chi connectivity index (χ0) is 17.5. The molecule has 0 atom stereocenters. The number of para-hydroxylation sites is 1. The fourth-order valence-corrected chi connectivity index (χ4v) is 2.58. The summed E-state index contributed by atoms with van der Waals surface area (Å²) in [5.74, 6) is 0.674. The zero-order valence-electron chi connectivity index (χ0n) is 14.7. The van der Waals surface area contributed by atoms with Crippen LogP contribution in [0.2, 0.25) is 0 Å². The van der Waals surface area contributed by atoms with Crippen molar-refractivity contribution in [2.45, 2.75) is 26.6 Å². The molecule has 3 aromatic carbocycles. The average Bonchev–Trinajstić information content (AvgIpc) is 2.64. The molecule has 0 fully saturated rings. The lowest BCUT2D eigenvalue weighted by atomic mass is 10.1. The van der Waals surface area contributed by atoms with Crippen LogP contribution in [0.15, 0.2) is 72.8 Å². The molecular formula is C22H23ClFNO. The molecule has 0 aromatic heterocycles. The van der Waals surface area contributed by atoms with Crippen LogP contribution < -0.4 is 10.1 Å². The fraction of sp³-hybridized carbons (Fsp3) is 0.182. The number of aryl methyl sites for hydroxylation is 1. The predicted molar refractivity (Wildman–Crippen MR) is 106 cm³/mol. The highest BCUT2D eigenvalue weighted by atomic mass is 35.5. The second-order valence-electron chi connectivity index (χ2n) is 6.11. The molecule has 0 saturated carbocycles. The molecule has 4 heteroatoms. The highest BCUT2D eigenvalue weighted by molar-refractivity contribution is 5.85. The molecule has 3 aromatic rings. The first-order valence-corrected chi connectivity index (χ1v) is 8.42. The molecule has 0 saturated heterocycles. The van der Waals surface area contributed by atoms with Crippen molar-refractivity contribution in [2.75, 3.05) is 0 Å². The largest absolute Gasteiger partial charge is 0.489 e. The Morgan fingerprint density at radius 3 is 2.19 bits per heavy atom. The van der Waals surface area contributed by atoms with Gasteiger partial charge in [-0.05, 0) is 36.2 Å². The Balaban J connectivity index is 0.00000243. The van der Waals surface area contributed by atoms with Gasteiger partial charge in [-0.25, -0.2) is 4.39 Å². The minimum Gasteiger partial charge on any atom is -0.489 e. The summed E-state index contributed by atoms with van der Waals surface area (Å²) in [7, 11) is 0. The van der Waals surface area contributed by atoms with Crippen molar-refractivity contribution < 1.29 is 9.13 Å². The van der Waals surface area contributed by atoms with Crippen LogP contribution in [0.5, 0.6) is 5.75 Å². The van der Waals surface area contributed by atoms with Crippen molar-refractivity contribution in [3.63, 3.8) is 0 Å². The molecule has 0 heterocycles. The summed E-state index contributed by atoms with van der Waals surface area (Å²) in [6, 6.07) is 22.9. The van der Waals surface area contributed by atoms with Crippen LogP contribution in [0, 0.1) is 12.7 Å². The highest BCUT2D eigenvalue weighted by Gasteiger charge is 2.04. The lowest BCUT2D eigenvalue weighted by Gasteiger charge is -2.12. The van der Waals surface area contributed by atoms with E-state index in [-0.39, 0.29) is 18.2 Å². The fourth-order valence-electron chi connectivity index (χ4n) is 2.58. The number of halogens is 2. The van der Waals surface area contributed by atoms with E-state index >= 15 is 0 Å². The molecule has 0 amide bonds. The Kier molecular flexibility index (Phi) is 7.64. The third kappa shape index (κ3) is 5.87. The molecule has 3 rings (SSSR count). The van der Waals surface area contributed by atoms with Crippen LogP contribution in [0.3, 0.4) is 0 Å². The third-order valence-corrected chi connectivity index (χ3v) is 4.05. The van der Waals surface area contributed by atoms with E-state index in [0.29, 0.717) is 19.7 Å². The van der Waals surface area contributed by atoms with Crippen molar-refractivity contribution in [3.8, 4) is 5.75 Å². The van der Waals surface area contributed by atoms with Crippen LogP contribution in [0.1, 0.15) is 22.3 Å². The van der Waals surface area contributed by atoms with Crippen molar-refractivity contribution in [1.29, 1.82) is 0 Å². The van der Waals surface area contributed by atoms with E-state index in [1.807, 2.05) is 18.2 Å². The SMILES string of the molecule is Cc1ccc(COc2ccccc2CNCc2ccc(F)cc2)cc1.Cl. The van der Waals surface area contributed by atoms with Gasteiger partial charge in [0, 0.05) is 18.7 Å². The lowest BCUT2D eigenvalue weighted by molar-refractivity contribution is 0.302. The monoisotopic (exact) mass is 371 g/mol. The van der Waals surface area contributed by atoms with Crippen LogP contribution >= 0.6 is 12.4 Å². The van der Waals surface area contributed by atoms with Crippen LogP contribution in [-0.4, -0.2) is 0 Å². The number of benzene rings is 3. The number of nitrogens with one attached hydrogen (secondary N) is 1. The maximum absolute atomic E-state index is 12.9. The standard InChI is InChI=1S/C22H22FNO.ClH/c1-17-6-8-19(9-7-17)16-25-22-5-3-2-4-20(22)15-24-14-18-10-12-21(23)13-11-18;/h2-13,24H,14-16H2,1H3;1H. The predicted octanol–water partition coefficient (Wildman–Crippen LogP) is 5.42. The Labute approximate surface area is 160 Å². The van der Waals surface area contributed by atoms with Gasteiger partial charge in [-0.3, -0.25) is 0 Å². The minimum absolute atomic E-state index is 0. The van der Waals surface area contributed by atoms with Gasteiger partial charge < -0.3 is 10.1 Å². The van der Waals surface area contributed by atoms with Crippen molar-refractivity contribution in [2.24, 2.45) is 0 Å². The quantitative estimate of drug-likeness (QED) is 0.598. The highest BCUT2D eigenvalue weighted by Crippen LogP contribution is 2.19. The van der Waals surface area contributed by atoms with E-state index in [2.05, 4.69) is 42.6 Å². The van der Waals surface area contributed by atoms with Gasteiger partial charge in [-0.2, -0.15) is 0 Å². The summed E-state index contributed by atoms with van der Waals surface area (Å²) >= 11 is 0. The number of ether oxygens (including phenoxy) is 1. The Bertz CT molecular complexity index is 803. The molecule has 1 N–H and O–H groups in total. The topological polar surface area (TPSA) is 21.3 Å². The Morgan fingerprint density at radius 1 is 0.808 bits per heavy atom. The van der Waals surface area contributed by atoms with Gasteiger partial charge in [0.1, 0.15) is 18.2 Å². The number of rotatable bonds is 7. The van der Waals surface area contributed by atoms with E-state index in [4.69, 9.17) is 4.74 Å². The first kappa shape index (κ1) is 20.0. The lowest BCUT2D eigenvalue weighted by Crippen LogP contribution is -2.13. The van der Waals surface area contributed by atoms with E-state index in [1.54, 1.807) is 12.1 Å². The minimum atomic E-state index is -0.210. The van der Waals surface area contributed by atoms with Gasteiger partial charge in [-0.1, -0.05) is 60.2 Å². The summed E-state index contributed by atoms with van der Waals surface area (Å²) in [6.45, 7) is 4.01. The second-order valence-corrected chi connectivity index (χ2v) is 6.11. The second kappa shape index (κ2) is 9.95. The van der Waals surface area contributed by atoms with Crippen LogP contribution in [0.4, 0.5) is 4.39 Å². The first-order chi connectivity index (χ1) is 12.2. The molecule has 0 radical (unpaired) electrons. The maximum atomic E-state index is 12.9. The summed E-state index contributed by atoms with van der Waals surface area (Å²) in [4.78, 5) is 0. The van der Waals surface area contributed by atoms with Gasteiger partial charge in [0.2, 0.25) is 0 Å². The van der Waals surface area contributed by atoms with Gasteiger partial charge in [-0.15, -0.1) is 12.4 Å². The summed E-state index contributed by atoms with van der Waals surface area (Å²) < 4.78 is 18.9. The molecule has 0 spiro atoms. The van der Waals surface area contributed by atoms with Gasteiger partial charge in [0.15, 0.2) is 0 Å². The normalized spacial score (nSPS) is 10.2. The molecular weight excluding hydrogens is 349 g/mol. The molecule has 0 unspecified atom stereocenters. The molecule has 136 valence electrons. The summed E-state index contributed by atoms with van der Waals surface area (Å²) in [5, 5.41) is 3.38. The molecule has 0 aliphatic heterocycles. The van der Waals surface area contributed by atoms with Crippen LogP contribution in [-0.2, 0) is 19.7 Å². The van der Waals surface area contributed by atoms with Gasteiger partial charge in [0.25, 0.3) is 0 Å². The molecule has 26 heavy (non-hydrogen) atoms. The van der Waals surface area contributed by atoms with E-state index in [9.17, 15) is 4.39 Å². The Hall–Kier alpha value is -2.36. The molecule has 0 aliphatic rings. The molecule has 0 bridgehead atoms. The number of hydrogen-bond donors (Lipinski definition) is 1. The molecule has 0 aliphatic carbocycles. The third-order valence-electron chi connectivity index (χ3n) is 4.05. The first-order valence-electron chi connectivity index (χ1n) is 8.42. The Morgan fingerprint density at radius 2 is 1.46 bits per heavy atom. The van der Waals surface area contributed by atoms with Crippen molar-refractivity contribution in [1.82, 2.24) is 5.32 Å². The average molecular weight is 372 g/mol. The number of hydrogen-bond acceptors (Lipinski definition) is 2. The summed E-state index contributed by atoms with van der Waals surface area (Å²) in [5.41, 5.74) is 4.56. The zero-order valence-corrected chi connectivity index (χ0v) is 15.6. The van der Waals surface area contributed by atoms with Crippen LogP contribution in [0.25, 0.3) is 0 Å². The van der Waals surface area contributed by atoms with Gasteiger partial charge in [0.05, 0.1) is 0 Å². The smallest absolute Gasteiger partial charge is 0.124 e. The van der Waals surface area contributed by atoms with E-state index < -0.39 is 0 Å². The summed E-state index contributed by atoms with van der Waals surface area (Å²) in [6.07, 6.45) is 0. The van der Waals surface area contributed by atoms with E-state index in [0.717, 1.165) is 22.4 Å². The van der Waals surface area contributed by atoms with Crippen molar-refractivity contribution >= 4 is 12.4 Å².